The molecule has 3 heteroatoms. The minimum absolute atomic E-state index is 0.175. The van der Waals surface area contributed by atoms with Crippen LogP contribution in [0.3, 0.4) is 0 Å². The van der Waals surface area contributed by atoms with Crippen molar-refractivity contribution >= 4 is 8.07 Å². The van der Waals surface area contributed by atoms with E-state index in [4.69, 9.17) is 9.47 Å². The molecule has 6 rings (SSSR count). The van der Waals surface area contributed by atoms with Crippen molar-refractivity contribution in [2.75, 3.05) is 14.2 Å². The highest BCUT2D eigenvalue weighted by Gasteiger charge is 2.62. The number of hydrogen-bond acceptors (Lipinski definition) is 2. The van der Waals surface area contributed by atoms with E-state index in [0.29, 0.717) is 35.9 Å². The maximum Gasteiger partial charge on any atom is 0.0668 e. The van der Waals surface area contributed by atoms with Crippen molar-refractivity contribution in [3.63, 3.8) is 0 Å². The third kappa shape index (κ3) is 6.58. The van der Waals surface area contributed by atoms with Crippen molar-refractivity contribution < 1.29 is 9.47 Å². The lowest BCUT2D eigenvalue weighted by Gasteiger charge is -2.52. The third-order valence-electron chi connectivity index (χ3n) is 15.2. The van der Waals surface area contributed by atoms with Gasteiger partial charge in [0.1, 0.15) is 0 Å². The number of benzene rings is 2. The first-order chi connectivity index (χ1) is 22.9. The lowest BCUT2D eigenvalue weighted by atomic mass is 9.65. The zero-order valence-electron chi connectivity index (χ0n) is 33.8. The Morgan fingerprint density at radius 1 is 0.490 bits per heavy atom. The smallest absolute Gasteiger partial charge is 0.0668 e. The van der Waals surface area contributed by atoms with Gasteiger partial charge in [-0.05, 0) is 117 Å². The largest absolute Gasteiger partial charge is 0.381 e. The molecule has 272 valence electrons. The van der Waals surface area contributed by atoms with Crippen molar-refractivity contribution in [2.24, 2.45) is 47.3 Å². The van der Waals surface area contributed by atoms with Gasteiger partial charge < -0.3 is 9.47 Å². The SMILES string of the molecule is COC1C(C)CC2C(CC(C)C2[Si](C)(C)C2C(C)CC3C2CC(C)C(OC)C3c2ccc(C(C)(C)C)cc2)C1c1ccc(C(C)(C)C)cc1. The molecule has 2 aromatic carbocycles. The van der Waals surface area contributed by atoms with E-state index in [-0.39, 0.29) is 10.8 Å². The summed E-state index contributed by atoms with van der Waals surface area (Å²) in [5.74, 6) is 6.80. The maximum atomic E-state index is 6.43. The fourth-order valence-corrected chi connectivity index (χ4v) is 20.1. The lowest BCUT2D eigenvalue weighted by molar-refractivity contribution is -0.0259. The summed E-state index contributed by atoms with van der Waals surface area (Å²) >= 11 is 0. The number of hydrogen-bond donors (Lipinski definition) is 0. The van der Waals surface area contributed by atoms with Crippen LogP contribution in [0.15, 0.2) is 48.5 Å². The molecule has 0 bridgehead atoms. The highest BCUT2D eigenvalue weighted by molar-refractivity contribution is 6.80. The summed E-state index contributed by atoms with van der Waals surface area (Å²) in [6.07, 6.45) is 6.02. The molecule has 0 amide bonds. The fraction of sp³-hybridized carbons (Fsp3) is 0.739. The molecule has 49 heavy (non-hydrogen) atoms. The van der Waals surface area contributed by atoms with Gasteiger partial charge in [-0.3, -0.25) is 0 Å². The predicted molar refractivity (Wildman–Crippen MR) is 211 cm³/mol. The summed E-state index contributed by atoms with van der Waals surface area (Å²) in [5, 5.41) is 0. The van der Waals surface area contributed by atoms with Crippen LogP contribution in [0, 0.1) is 47.3 Å². The van der Waals surface area contributed by atoms with E-state index >= 15 is 0 Å². The van der Waals surface area contributed by atoms with E-state index in [9.17, 15) is 0 Å². The minimum atomic E-state index is -1.71. The Morgan fingerprint density at radius 2 is 0.796 bits per heavy atom. The van der Waals surface area contributed by atoms with E-state index in [0.717, 1.165) is 46.6 Å². The van der Waals surface area contributed by atoms with Crippen LogP contribution < -0.4 is 0 Å². The molecular weight excluding hydrogens is 613 g/mol. The monoisotopic (exact) mass is 685 g/mol. The molecule has 4 aliphatic rings. The maximum absolute atomic E-state index is 6.43. The third-order valence-corrected chi connectivity index (χ3v) is 20.6. The van der Waals surface area contributed by atoms with Crippen molar-refractivity contribution in [3.05, 3.63) is 70.8 Å². The van der Waals surface area contributed by atoms with Crippen LogP contribution in [0.1, 0.15) is 129 Å². The average molecular weight is 685 g/mol. The molecule has 0 saturated heterocycles. The summed E-state index contributed by atoms with van der Waals surface area (Å²) in [7, 11) is 2.25. The molecule has 4 saturated carbocycles. The van der Waals surface area contributed by atoms with Crippen LogP contribution in [0.2, 0.25) is 24.2 Å². The molecule has 0 aromatic heterocycles. The Kier molecular flexibility index (Phi) is 10.3. The topological polar surface area (TPSA) is 18.5 Å². The summed E-state index contributed by atoms with van der Waals surface area (Å²) < 4.78 is 12.9. The molecule has 0 radical (unpaired) electrons. The first-order valence-corrected chi connectivity index (χ1v) is 23.3. The van der Waals surface area contributed by atoms with Gasteiger partial charge in [0.15, 0.2) is 0 Å². The summed E-state index contributed by atoms with van der Waals surface area (Å²) in [6.45, 7) is 30.0. The Hall–Kier alpha value is -1.42. The van der Waals surface area contributed by atoms with Crippen molar-refractivity contribution in [3.8, 4) is 0 Å². The van der Waals surface area contributed by atoms with Crippen LogP contribution in [0.5, 0.6) is 0 Å². The Bertz CT molecular complexity index is 1310. The Balaban J connectivity index is 1.32. The van der Waals surface area contributed by atoms with Gasteiger partial charge in [0, 0.05) is 26.1 Å². The average Bonchev–Trinajstić information content (AvgIpc) is 3.54. The quantitative estimate of drug-likeness (QED) is 0.282. The first kappa shape index (κ1) is 37.3. The van der Waals surface area contributed by atoms with E-state index in [1.807, 2.05) is 14.2 Å². The molecule has 0 aliphatic heterocycles. The molecule has 2 nitrogen and oxygen atoms in total. The number of fused-ring (bicyclic) bond motifs is 2. The molecule has 14 atom stereocenters. The Labute approximate surface area is 302 Å². The van der Waals surface area contributed by atoms with E-state index < -0.39 is 8.07 Å². The number of methoxy groups -OCH3 is 2. The van der Waals surface area contributed by atoms with E-state index in [2.05, 4.69) is 131 Å². The lowest BCUT2D eigenvalue weighted by Crippen LogP contribution is -2.50. The van der Waals surface area contributed by atoms with Crippen molar-refractivity contribution in [2.45, 2.75) is 154 Å². The summed E-state index contributed by atoms with van der Waals surface area (Å²) in [6, 6.07) is 19.5. The van der Waals surface area contributed by atoms with Crippen LogP contribution in [0.25, 0.3) is 0 Å². The molecular formula is C46H72O2Si. The molecule has 0 heterocycles. The van der Waals surface area contributed by atoms with Gasteiger partial charge in [0.25, 0.3) is 0 Å². The minimum Gasteiger partial charge on any atom is -0.381 e. The van der Waals surface area contributed by atoms with E-state index in [1.54, 1.807) is 0 Å². The fourth-order valence-electron chi connectivity index (χ4n) is 13.5. The molecule has 14 unspecified atom stereocenters. The van der Waals surface area contributed by atoms with Gasteiger partial charge in [-0.15, -0.1) is 0 Å². The van der Waals surface area contributed by atoms with E-state index in [1.165, 1.54) is 47.9 Å². The standard InChI is InChI=1S/C46H72O2Si/c1-27-23-37-35(39(41(27)47-11)31-15-19-33(20-16-31)45(5,6)7)25-29(3)43(37)49(13,14)44-30(4)26-36-38(44)24-28(2)42(48-12)40(36)32-17-21-34(22-18-32)46(8,9)10/h15-22,27-30,35-44H,23-26H2,1-14H3. The van der Waals surface area contributed by atoms with Gasteiger partial charge in [-0.25, -0.2) is 0 Å². The number of ether oxygens (including phenoxy) is 2. The van der Waals surface area contributed by atoms with Crippen molar-refractivity contribution in [1.29, 1.82) is 0 Å². The van der Waals surface area contributed by atoms with Gasteiger partial charge in [-0.1, -0.05) is 131 Å². The van der Waals surface area contributed by atoms with Gasteiger partial charge in [0.2, 0.25) is 0 Å². The van der Waals surface area contributed by atoms with Crippen LogP contribution in [0.4, 0.5) is 0 Å². The normalized spacial score (nSPS) is 39.9. The zero-order valence-corrected chi connectivity index (χ0v) is 34.8. The molecule has 4 aliphatic carbocycles. The summed E-state index contributed by atoms with van der Waals surface area (Å²) in [4.78, 5) is 0. The van der Waals surface area contributed by atoms with Crippen LogP contribution >= 0.6 is 0 Å². The molecule has 0 spiro atoms. The number of rotatable bonds is 6. The highest BCUT2D eigenvalue weighted by atomic mass is 28.3. The predicted octanol–water partition coefficient (Wildman–Crippen LogP) is 12.3. The second-order valence-electron chi connectivity index (χ2n) is 20.6. The Morgan fingerprint density at radius 3 is 1.08 bits per heavy atom. The van der Waals surface area contributed by atoms with Gasteiger partial charge in [0.05, 0.1) is 20.3 Å². The van der Waals surface area contributed by atoms with Gasteiger partial charge >= 0.3 is 0 Å². The highest BCUT2D eigenvalue weighted by Crippen LogP contribution is 2.68. The molecule has 0 N–H and O–H groups in total. The second kappa shape index (κ2) is 13.5. The van der Waals surface area contributed by atoms with Crippen molar-refractivity contribution in [1.82, 2.24) is 0 Å². The summed E-state index contributed by atoms with van der Waals surface area (Å²) in [5.41, 5.74) is 8.01. The van der Waals surface area contributed by atoms with Crippen LogP contribution in [-0.4, -0.2) is 34.5 Å². The van der Waals surface area contributed by atoms with Gasteiger partial charge in [-0.2, -0.15) is 0 Å². The molecule has 2 aromatic rings. The van der Waals surface area contributed by atoms with Crippen LogP contribution in [-0.2, 0) is 20.3 Å². The second-order valence-corrected chi connectivity index (χ2v) is 25.6. The first-order valence-electron chi connectivity index (χ1n) is 20.2. The molecule has 4 fully saturated rings. The zero-order chi connectivity index (χ0) is 35.8.